The van der Waals surface area contributed by atoms with E-state index in [0.717, 1.165) is 19.4 Å². The van der Waals surface area contributed by atoms with E-state index < -0.39 is 0 Å². The van der Waals surface area contributed by atoms with E-state index in [4.69, 9.17) is 14.0 Å². The summed E-state index contributed by atoms with van der Waals surface area (Å²) in [6.45, 7) is 3.99. The molecule has 1 atom stereocenters. The number of carbonyl (C=O) groups is 1. The van der Waals surface area contributed by atoms with Crippen molar-refractivity contribution in [3.8, 4) is 5.88 Å². The number of nitrogens with zero attached hydrogens (tertiary/aromatic N) is 4. The fourth-order valence-electron chi connectivity index (χ4n) is 2.86. The van der Waals surface area contributed by atoms with Crippen LogP contribution in [0.2, 0.25) is 0 Å². The Morgan fingerprint density at radius 3 is 2.96 bits per heavy atom. The molecule has 8 heteroatoms. The highest BCUT2D eigenvalue weighted by Gasteiger charge is 2.28. The van der Waals surface area contributed by atoms with Gasteiger partial charge in [0.25, 0.3) is 5.91 Å². The molecule has 2 aromatic rings. The normalized spacial score (nSPS) is 17.5. The first-order chi connectivity index (χ1) is 12.2. The molecular weight excluding hydrogens is 324 g/mol. The maximum atomic E-state index is 12.7. The SMILES string of the molecule is COCCOc1ccc(C(=O)N2CCC[C@H](c3noc(C)n3)C2)cn1. The largest absolute Gasteiger partial charge is 0.475 e. The summed E-state index contributed by atoms with van der Waals surface area (Å²) in [4.78, 5) is 23.0. The smallest absolute Gasteiger partial charge is 0.255 e. The minimum atomic E-state index is -0.0409. The third-order valence-corrected chi connectivity index (χ3v) is 4.14. The van der Waals surface area contributed by atoms with Gasteiger partial charge in [0.1, 0.15) is 6.61 Å². The van der Waals surface area contributed by atoms with Gasteiger partial charge >= 0.3 is 0 Å². The third-order valence-electron chi connectivity index (χ3n) is 4.14. The van der Waals surface area contributed by atoms with Crippen LogP contribution in [0.1, 0.15) is 40.8 Å². The van der Waals surface area contributed by atoms with Gasteiger partial charge in [-0.25, -0.2) is 4.98 Å². The van der Waals surface area contributed by atoms with Crippen LogP contribution >= 0.6 is 0 Å². The average molecular weight is 346 g/mol. The van der Waals surface area contributed by atoms with Gasteiger partial charge in [0.15, 0.2) is 5.82 Å². The fourth-order valence-corrected chi connectivity index (χ4v) is 2.86. The highest BCUT2D eigenvalue weighted by atomic mass is 16.5. The first kappa shape index (κ1) is 17.3. The van der Waals surface area contributed by atoms with Crippen LogP contribution < -0.4 is 4.74 Å². The third kappa shape index (κ3) is 4.33. The molecule has 1 aliphatic rings. The molecule has 0 unspecified atom stereocenters. The van der Waals surface area contributed by atoms with Gasteiger partial charge in [-0.05, 0) is 18.9 Å². The quantitative estimate of drug-likeness (QED) is 0.737. The number of ether oxygens (including phenoxy) is 2. The molecule has 8 nitrogen and oxygen atoms in total. The molecule has 0 spiro atoms. The Morgan fingerprint density at radius 1 is 1.40 bits per heavy atom. The number of likely N-dealkylation sites (tertiary alicyclic amines) is 1. The van der Waals surface area contributed by atoms with E-state index in [2.05, 4.69) is 15.1 Å². The van der Waals surface area contributed by atoms with Gasteiger partial charge in [-0.15, -0.1) is 0 Å². The second-order valence-electron chi connectivity index (χ2n) is 5.99. The van der Waals surface area contributed by atoms with Crippen molar-refractivity contribution in [1.82, 2.24) is 20.0 Å². The molecule has 1 amide bonds. The lowest BCUT2D eigenvalue weighted by Crippen LogP contribution is -2.39. The fraction of sp³-hybridized carbons (Fsp3) is 0.529. The van der Waals surface area contributed by atoms with Gasteiger partial charge in [0.2, 0.25) is 11.8 Å². The number of rotatable bonds is 6. The Hall–Kier alpha value is -2.48. The number of pyridine rings is 1. The van der Waals surface area contributed by atoms with Crippen molar-refractivity contribution in [1.29, 1.82) is 0 Å². The van der Waals surface area contributed by atoms with Crippen LogP contribution in [-0.4, -0.2) is 59.3 Å². The second-order valence-corrected chi connectivity index (χ2v) is 5.99. The zero-order chi connectivity index (χ0) is 17.6. The number of piperidine rings is 1. The van der Waals surface area contributed by atoms with Crippen LogP contribution in [-0.2, 0) is 4.74 Å². The zero-order valence-corrected chi connectivity index (χ0v) is 14.5. The van der Waals surface area contributed by atoms with Crippen LogP contribution in [0.5, 0.6) is 5.88 Å². The maximum absolute atomic E-state index is 12.7. The summed E-state index contributed by atoms with van der Waals surface area (Å²) in [5, 5.41) is 3.99. The first-order valence-electron chi connectivity index (χ1n) is 8.34. The standard InChI is InChI=1S/C17H22N4O4/c1-12-19-16(20-25-12)14-4-3-7-21(11-14)17(22)13-5-6-15(18-10-13)24-9-8-23-2/h5-6,10,14H,3-4,7-9,11H2,1-2H3/t14-/m0/s1. The number of hydrogen-bond donors (Lipinski definition) is 0. The van der Waals surface area contributed by atoms with Crippen LogP contribution in [0.15, 0.2) is 22.9 Å². The average Bonchev–Trinajstić information content (AvgIpc) is 3.08. The number of methoxy groups -OCH3 is 1. The van der Waals surface area contributed by atoms with E-state index in [1.54, 1.807) is 32.4 Å². The number of aryl methyl sites for hydroxylation is 1. The molecule has 2 aromatic heterocycles. The molecule has 134 valence electrons. The minimum absolute atomic E-state index is 0.0409. The maximum Gasteiger partial charge on any atom is 0.255 e. The summed E-state index contributed by atoms with van der Waals surface area (Å²) in [5.41, 5.74) is 0.545. The highest BCUT2D eigenvalue weighted by Crippen LogP contribution is 2.26. The minimum Gasteiger partial charge on any atom is -0.475 e. The summed E-state index contributed by atoms with van der Waals surface area (Å²) < 4.78 is 15.4. The summed E-state index contributed by atoms with van der Waals surface area (Å²) in [6.07, 6.45) is 3.41. The van der Waals surface area contributed by atoms with Crippen molar-refractivity contribution >= 4 is 5.91 Å². The molecule has 3 rings (SSSR count). The Labute approximate surface area is 146 Å². The monoisotopic (exact) mass is 346 g/mol. The van der Waals surface area contributed by atoms with Crippen LogP contribution in [0.4, 0.5) is 0 Å². The molecule has 0 aliphatic carbocycles. The predicted octanol–water partition coefficient (Wildman–Crippen LogP) is 1.82. The lowest BCUT2D eigenvalue weighted by atomic mass is 9.97. The van der Waals surface area contributed by atoms with Crippen molar-refractivity contribution in [3.05, 3.63) is 35.6 Å². The molecule has 1 saturated heterocycles. The molecule has 3 heterocycles. The molecule has 1 fully saturated rings. The van der Waals surface area contributed by atoms with Gasteiger partial charge in [0.05, 0.1) is 12.2 Å². The van der Waals surface area contributed by atoms with Crippen molar-refractivity contribution < 1.29 is 18.8 Å². The first-order valence-corrected chi connectivity index (χ1v) is 8.34. The topological polar surface area (TPSA) is 90.6 Å². The number of aromatic nitrogens is 3. The van der Waals surface area contributed by atoms with Gasteiger partial charge in [-0.1, -0.05) is 5.16 Å². The van der Waals surface area contributed by atoms with E-state index in [1.165, 1.54) is 0 Å². The lowest BCUT2D eigenvalue weighted by molar-refractivity contribution is 0.0703. The molecular formula is C17H22N4O4. The molecule has 25 heavy (non-hydrogen) atoms. The molecule has 0 N–H and O–H groups in total. The van der Waals surface area contributed by atoms with Crippen LogP contribution in [0.3, 0.4) is 0 Å². The number of hydrogen-bond acceptors (Lipinski definition) is 7. The zero-order valence-electron chi connectivity index (χ0n) is 14.5. The number of amides is 1. The molecule has 0 saturated carbocycles. The Balaban J connectivity index is 1.61. The van der Waals surface area contributed by atoms with Crippen molar-refractivity contribution in [3.63, 3.8) is 0 Å². The van der Waals surface area contributed by atoms with Crippen molar-refractivity contribution in [2.75, 3.05) is 33.4 Å². The van der Waals surface area contributed by atoms with Gasteiger partial charge < -0.3 is 18.9 Å². The van der Waals surface area contributed by atoms with E-state index in [0.29, 0.717) is 42.9 Å². The summed E-state index contributed by atoms with van der Waals surface area (Å²) >= 11 is 0. The number of carbonyl (C=O) groups excluding carboxylic acids is 1. The Morgan fingerprint density at radius 2 is 2.28 bits per heavy atom. The van der Waals surface area contributed by atoms with Crippen LogP contribution in [0.25, 0.3) is 0 Å². The van der Waals surface area contributed by atoms with E-state index in [9.17, 15) is 4.79 Å². The summed E-state index contributed by atoms with van der Waals surface area (Å²) in [6, 6.07) is 3.44. The Kier molecular flexibility index (Phi) is 5.60. The summed E-state index contributed by atoms with van der Waals surface area (Å²) in [5.74, 6) is 1.77. The van der Waals surface area contributed by atoms with E-state index in [-0.39, 0.29) is 11.8 Å². The van der Waals surface area contributed by atoms with Crippen molar-refractivity contribution in [2.24, 2.45) is 0 Å². The lowest BCUT2D eigenvalue weighted by Gasteiger charge is -2.31. The molecule has 0 radical (unpaired) electrons. The van der Waals surface area contributed by atoms with Gasteiger partial charge in [-0.2, -0.15) is 4.98 Å². The second kappa shape index (κ2) is 8.06. The molecule has 0 bridgehead atoms. The van der Waals surface area contributed by atoms with Crippen LogP contribution in [0, 0.1) is 6.92 Å². The summed E-state index contributed by atoms with van der Waals surface area (Å²) in [7, 11) is 1.61. The van der Waals surface area contributed by atoms with Gasteiger partial charge in [0, 0.05) is 45.3 Å². The molecule has 0 aromatic carbocycles. The Bertz CT molecular complexity index is 701. The molecule has 1 aliphatic heterocycles. The van der Waals surface area contributed by atoms with Crippen molar-refractivity contribution in [2.45, 2.75) is 25.7 Å². The highest BCUT2D eigenvalue weighted by molar-refractivity contribution is 5.94. The van der Waals surface area contributed by atoms with E-state index >= 15 is 0 Å². The van der Waals surface area contributed by atoms with Gasteiger partial charge in [-0.3, -0.25) is 4.79 Å². The van der Waals surface area contributed by atoms with E-state index in [1.807, 2.05) is 4.90 Å². The predicted molar refractivity (Wildman–Crippen MR) is 88.5 cm³/mol.